The molecule has 0 aliphatic heterocycles. The van der Waals surface area contributed by atoms with Gasteiger partial charge in [0.15, 0.2) is 0 Å². The van der Waals surface area contributed by atoms with E-state index in [2.05, 4.69) is 19.9 Å². The summed E-state index contributed by atoms with van der Waals surface area (Å²) in [6.07, 6.45) is 0.289. The lowest BCUT2D eigenvalue weighted by molar-refractivity contribution is -0.137. The van der Waals surface area contributed by atoms with Gasteiger partial charge in [0.1, 0.15) is 0 Å². The second kappa shape index (κ2) is 7.88. The SMILES string of the molecule is O=S(=O)(Nc1cccc(-c2[nH]ncc2-c2ccncc2)c1)c1cccc(C(F)(F)F)c1. The number of H-pyrrole nitrogens is 1. The molecule has 4 aromatic rings. The minimum Gasteiger partial charge on any atom is -0.280 e. The highest BCUT2D eigenvalue weighted by Crippen LogP contribution is 2.33. The average Bonchev–Trinajstić information content (AvgIpc) is 3.24. The van der Waals surface area contributed by atoms with Crippen LogP contribution in [0.4, 0.5) is 18.9 Å². The summed E-state index contributed by atoms with van der Waals surface area (Å²) in [6, 6.07) is 13.7. The van der Waals surface area contributed by atoms with Crippen LogP contribution in [0.5, 0.6) is 0 Å². The van der Waals surface area contributed by atoms with Gasteiger partial charge in [-0.1, -0.05) is 18.2 Å². The number of alkyl halides is 3. The zero-order valence-corrected chi connectivity index (χ0v) is 16.6. The van der Waals surface area contributed by atoms with E-state index in [0.717, 1.165) is 29.3 Å². The van der Waals surface area contributed by atoms with Crippen LogP contribution in [0.15, 0.2) is 84.1 Å². The second-order valence-electron chi connectivity index (χ2n) is 6.61. The van der Waals surface area contributed by atoms with Crippen molar-refractivity contribution < 1.29 is 21.6 Å². The number of aromatic nitrogens is 3. The molecule has 0 aliphatic carbocycles. The Labute approximate surface area is 175 Å². The number of pyridine rings is 1. The number of hydrogen-bond donors (Lipinski definition) is 2. The summed E-state index contributed by atoms with van der Waals surface area (Å²) in [6.45, 7) is 0. The third-order valence-electron chi connectivity index (χ3n) is 4.51. The summed E-state index contributed by atoms with van der Waals surface area (Å²) in [5.74, 6) is 0. The lowest BCUT2D eigenvalue weighted by Crippen LogP contribution is -2.14. The first-order chi connectivity index (χ1) is 14.7. The summed E-state index contributed by atoms with van der Waals surface area (Å²) in [5.41, 5.74) is 2.13. The normalized spacial score (nSPS) is 12.0. The van der Waals surface area contributed by atoms with Crippen LogP contribution in [-0.4, -0.2) is 23.6 Å². The summed E-state index contributed by atoms with van der Waals surface area (Å²) in [5, 5.41) is 6.96. The second-order valence-corrected chi connectivity index (χ2v) is 8.29. The molecule has 0 atom stereocenters. The smallest absolute Gasteiger partial charge is 0.280 e. The van der Waals surface area contributed by atoms with Crippen LogP contribution in [0.25, 0.3) is 22.4 Å². The van der Waals surface area contributed by atoms with Gasteiger partial charge in [-0.3, -0.25) is 14.8 Å². The molecule has 2 heterocycles. The predicted octanol–water partition coefficient (Wildman–Crippen LogP) is 4.96. The van der Waals surface area contributed by atoms with Crippen molar-refractivity contribution in [2.24, 2.45) is 0 Å². The number of nitrogens with zero attached hydrogens (tertiary/aromatic N) is 2. The molecular weight excluding hydrogens is 429 g/mol. The van der Waals surface area contributed by atoms with Crippen molar-refractivity contribution in [3.8, 4) is 22.4 Å². The molecule has 0 bridgehead atoms. The number of nitrogens with one attached hydrogen (secondary N) is 2. The molecule has 31 heavy (non-hydrogen) atoms. The first-order valence-electron chi connectivity index (χ1n) is 8.98. The number of aromatic amines is 1. The van der Waals surface area contributed by atoms with Gasteiger partial charge in [-0.25, -0.2) is 8.42 Å². The van der Waals surface area contributed by atoms with Crippen molar-refractivity contribution in [2.75, 3.05) is 4.72 Å². The molecular formula is C21H15F3N4O2S. The van der Waals surface area contributed by atoms with Crippen molar-refractivity contribution in [1.82, 2.24) is 15.2 Å². The number of anilines is 1. The Bertz CT molecular complexity index is 1320. The van der Waals surface area contributed by atoms with Crippen molar-refractivity contribution in [3.05, 3.63) is 84.8 Å². The Morgan fingerprint density at radius 1 is 0.903 bits per heavy atom. The van der Waals surface area contributed by atoms with Gasteiger partial charge in [-0.15, -0.1) is 0 Å². The molecule has 0 aliphatic rings. The number of halogens is 3. The maximum absolute atomic E-state index is 12.9. The topological polar surface area (TPSA) is 87.7 Å². The Hall–Kier alpha value is -3.66. The molecule has 0 spiro atoms. The zero-order valence-electron chi connectivity index (χ0n) is 15.8. The molecule has 0 unspecified atom stereocenters. The van der Waals surface area contributed by atoms with Crippen LogP contribution in [0.3, 0.4) is 0 Å². The number of rotatable bonds is 5. The van der Waals surface area contributed by atoms with E-state index >= 15 is 0 Å². The fraction of sp³-hybridized carbons (Fsp3) is 0.0476. The molecule has 2 N–H and O–H groups in total. The highest BCUT2D eigenvalue weighted by Gasteiger charge is 2.31. The minimum atomic E-state index is -4.64. The fourth-order valence-electron chi connectivity index (χ4n) is 3.05. The van der Waals surface area contributed by atoms with Gasteiger partial charge >= 0.3 is 6.18 Å². The van der Waals surface area contributed by atoms with Gasteiger partial charge in [0, 0.05) is 29.2 Å². The number of benzene rings is 2. The zero-order chi connectivity index (χ0) is 22.1. The summed E-state index contributed by atoms with van der Waals surface area (Å²) >= 11 is 0. The quantitative estimate of drug-likeness (QED) is 0.456. The molecule has 0 fully saturated rings. The van der Waals surface area contributed by atoms with Gasteiger partial charge in [0.25, 0.3) is 10.0 Å². The molecule has 2 aromatic heterocycles. The van der Waals surface area contributed by atoms with E-state index in [9.17, 15) is 21.6 Å². The third kappa shape index (κ3) is 4.43. The van der Waals surface area contributed by atoms with E-state index in [4.69, 9.17) is 0 Å². The standard InChI is InChI=1S/C21H15F3N4O2S/c22-21(23,24)16-4-2-6-18(12-16)31(29,30)28-17-5-1-3-15(11-17)20-19(13-26-27-20)14-7-9-25-10-8-14/h1-13,28H,(H,26,27). The highest BCUT2D eigenvalue weighted by atomic mass is 32.2. The molecule has 2 aromatic carbocycles. The Kier molecular flexibility index (Phi) is 5.24. The van der Waals surface area contributed by atoms with Gasteiger partial charge in [0.05, 0.1) is 22.3 Å². The molecule has 0 saturated carbocycles. The largest absolute Gasteiger partial charge is 0.416 e. The monoisotopic (exact) mass is 444 g/mol. The van der Waals surface area contributed by atoms with Crippen molar-refractivity contribution >= 4 is 15.7 Å². The van der Waals surface area contributed by atoms with Crippen LogP contribution in [0.1, 0.15) is 5.56 Å². The van der Waals surface area contributed by atoms with Crippen LogP contribution in [0, 0.1) is 0 Å². The average molecular weight is 444 g/mol. The van der Waals surface area contributed by atoms with Gasteiger partial charge < -0.3 is 0 Å². The maximum Gasteiger partial charge on any atom is 0.416 e. The highest BCUT2D eigenvalue weighted by molar-refractivity contribution is 7.92. The van der Waals surface area contributed by atoms with E-state index in [1.165, 1.54) is 6.07 Å². The van der Waals surface area contributed by atoms with E-state index in [1.807, 2.05) is 12.1 Å². The van der Waals surface area contributed by atoms with Gasteiger partial charge in [0.2, 0.25) is 0 Å². The molecule has 158 valence electrons. The Morgan fingerprint density at radius 3 is 2.39 bits per heavy atom. The molecule has 4 rings (SSSR count). The van der Waals surface area contributed by atoms with Gasteiger partial charge in [-0.2, -0.15) is 18.3 Å². The van der Waals surface area contributed by atoms with Crippen LogP contribution in [-0.2, 0) is 16.2 Å². The maximum atomic E-state index is 12.9. The predicted molar refractivity (Wildman–Crippen MR) is 110 cm³/mol. The Morgan fingerprint density at radius 2 is 1.65 bits per heavy atom. The van der Waals surface area contributed by atoms with Crippen molar-refractivity contribution in [3.63, 3.8) is 0 Å². The Balaban J connectivity index is 1.66. The van der Waals surface area contributed by atoms with Gasteiger partial charge in [-0.05, 0) is 48.0 Å². The van der Waals surface area contributed by atoms with E-state index in [0.29, 0.717) is 17.3 Å². The van der Waals surface area contributed by atoms with E-state index in [1.54, 1.807) is 36.8 Å². The van der Waals surface area contributed by atoms with Crippen molar-refractivity contribution in [2.45, 2.75) is 11.1 Å². The van der Waals surface area contributed by atoms with Crippen LogP contribution in [0.2, 0.25) is 0 Å². The number of hydrogen-bond acceptors (Lipinski definition) is 4. The molecule has 10 heteroatoms. The lowest BCUT2D eigenvalue weighted by Gasteiger charge is -2.12. The molecule has 0 radical (unpaired) electrons. The van der Waals surface area contributed by atoms with Crippen LogP contribution >= 0.6 is 0 Å². The summed E-state index contributed by atoms with van der Waals surface area (Å²) in [4.78, 5) is 3.50. The summed E-state index contributed by atoms with van der Waals surface area (Å²) in [7, 11) is -4.23. The summed E-state index contributed by atoms with van der Waals surface area (Å²) < 4.78 is 66.5. The molecule has 0 amide bonds. The third-order valence-corrected chi connectivity index (χ3v) is 5.88. The minimum absolute atomic E-state index is 0.199. The molecule has 0 saturated heterocycles. The molecule has 6 nitrogen and oxygen atoms in total. The van der Waals surface area contributed by atoms with Crippen LogP contribution < -0.4 is 4.72 Å². The number of sulfonamides is 1. The first-order valence-corrected chi connectivity index (χ1v) is 10.5. The van der Waals surface area contributed by atoms with E-state index < -0.39 is 26.7 Å². The first kappa shape index (κ1) is 20.6. The fourth-order valence-corrected chi connectivity index (χ4v) is 4.14. The lowest BCUT2D eigenvalue weighted by atomic mass is 10.0. The van der Waals surface area contributed by atoms with E-state index in [-0.39, 0.29) is 5.69 Å². The van der Waals surface area contributed by atoms with Crippen molar-refractivity contribution in [1.29, 1.82) is 0 Å².